The predicted molar refractivity (Wildman–Crippen MR) is 111 cm³/mol. The Bertz CT molecular complexity index is 1100. The first kappa shape index (κ1) is 25.2. The lowest BCUT2D eigenvalue weighted by Gasteiger charge is -2.40. The number of hydrogen-bond acceptors (Lipinski definition) is 7. The molecule has 0 radical (unpaired) electrons. The molecule has 0 aliphatic heterocycles. The van der Waals surface area contributed by atoms with Crippen molar-refractivity contribution >= 4 is 5.97 Å². The molecule has 0 fully saturated rings. The first-order valence-corrected chi connectivity index (χ1v) is 10.5. The molecule has 182 valence electrons. The highest BCUT2D eigenvalue weighted by Crippen LogP contribution is 2.49. The first-order valence-electron chi connectivity index (χ1n) is 10.5. The Balaban J connectivity index is 2.04. The van der Waals surface area contributed by atoms with Gasteiger partial charge in [0.1, 0.15) is 23.7 Å². The summed E-state index contributed by atoms with van der Waals surface area (Å²) in [5.41, 5.74) is -3.42. The number of esters is 1. The predicted octanol–water partition coefficient (Wildman–Crippen LogP) is 3.57. The SMILES string of the molecule is CCOC(=O)CCc1ccc(C(F)(F)C(Cn2cnnn2)(OCC)c2ccc(F)cc2F)nc1. The number of aryl methyl sites for hydroxylation is 1. The second-order valence-electron chi connectivity index (χ2n) is 7.32. The van der Waals surface area contributed by atoms with Crippen molar-refractivity contribution in [3.63, 3.8) is 0 Å². The van der Waals surface area contributed by atoms with E-state index >= 15 is 8.78 Å². The van der Waals surface area contributed by atoms with Crippen molar-refractivity contribution in [1.29, 1.82) is 0 Å². The quantitative estimate of drug-likeness (QED) is 0.305. The summed E-state index contributed by atoms with van der Waals surface area (Å²) in [5.74, 6) is -6.47. The molecule has 12 heteroatoms. The molecule has 1 unspecified atom stereocenters. The molecule has 1 atom stereocenters. The first-order chi connectivity index (χ1) is 16.2. The second kappa shape index (κ2) is 10.7. The fourth-order valence-electron chi connectivity index (χ4n) is 3.56. The number of nitrogens with zero attached hydrogens (tertiary/aromatic N) is 5. The van der Waals surface area contributed by atoms with Gasteiger partial charge in [-0.05, 0) is 54.5 Å². The molecule has 2 aromatic heterocycles. The van der Waals surface area contributed by atoms with Gasteiger partial charge in [0, 0.05) is 30.9 Å². The van der Waals surface area contributed by atoms with Gasteiger partial charge in [-0.3, -0.25) is 9.78 Å². The zero-order valence-electron chi connectivity index (χ0n) is 18.5. The molecule has 0 amide bonds. The van der Waals surface area contributed by atoms with Gasteiger partial charge in [0.15, 0.2) is 5.60 Å². The van der Waals surface area contributed by atoms with E-state index in [-0.39, 0.29) is 26.1 Å². The molecule has 0 saturated carbocycles. The summed E-state index contributed by atoms with van der Waals surface area (Å²) in [6.45, 7) is 2.48. The van der Waals surface area contributed by atoms with E-state index in [0.717, 1.165) is 29.2 Å². The van der Waals surface area contributed by atoms with Crippen molar-refractivity contribution in [2.75, 3.05) is 13.2 Å². The topological polar surface area (TPSA) is 92.0 Å². The van der Waals surface area contributed by atoms with Gasteiger partial charge in [0.2, 0.25) is 0 Å². The monoisotopic (exact) mass is 481 g/mol. The Morgan fingerprint density at radius 1 is 1.12 bits per heavy atom. The smallest absolute Gasteiger partial charge is 0.324 e. The lowest BCUT2D eigenvalue weighted by Crippen LogP contribution is -2.50. The summed E-state index contributed by atoms with van der Waals surface area (Å²) in [6, 6.07) is 4.75. The molecule has 0 aliphatic rings. The van der Waals surface area contributed by atoms with Crippen LogP contribution in [-0.2, 0) is 38.8 Å². The van der Waals surface area contributed by atoms with Crippen molar-refractivity contribution in [2.45, 2.75) is 44.8 Å². The van der Waals surface area contributed by atoms with E-state index in [1.165, 1.54) is 19.2 Å². The number of tetrazole rings is 1. The third-order valence-corrected chi connectivity index (χ3v) is 5.11. The number of carbonyl (C=O) groups excluding carboxylic acids is 1. The van der Waals surface area contributed by atoms with Gasteiger partial charge in [-0.25, -0.2) is 13.5 Å². The Hall–Kier alpha value is -3.41. The van der Waals surface area contributed by atoms with Gasteiger partial charge < -0.3 is 9.47 Å². The van der Waals surface area contributed by atoms with E-state index in [1.807, 2.05) is 0 Å². The number of ether oxygens (including phenoxy) is 2. The van der Waals surface area contributed by atoms with Crippen LogP contribution in [0.15, 0.2) is 42.9 Å². The summed E-state index contributed by atoms with van der Waals surface area (Å²) in [7, 11) is 0. The molecule has 3 aromatic rings. The van der Waals surface area contributed by atoms with E-state index in [4.69, 9.17) is 9.47 Å². The number of hydrogen-bond donors (Lipinski definition) is 0. The van der Waals surface area contributed by atoms with Crippen LogP contribution < -0.4 is 0 Å². The third kappa shape index (κ3) is 5.22. The maximum atomic E-state index is 16.2. The molecule has 0 aliphatic carbocycles. The van der Waals surface area contributed by atoms with Crippen LogP contribution in [0.1, 0.15) is 37.1 Å². The molecule has 34 heavy (non-hydrogen) atoms. The summed E-state index contributed by atoms with van der Waals surface area (Å²) in [4.78, 5) is 15.4. The molecule has 3 rings (SSSR count). The van der Waals surface area contributed by atoms with Crippen LogP contribution in [0.25, 0.3) is 0 Å². The number of benzene rings is 1. The number of halogens is 4. The van der Waals surface area contributed by atoms with E-state index in [1.54, 1.807) is 6.92 Å². The highest BCUT2D eigenvalue weighted by Gasteiger charge is 2.60. The molecule has 0 bridgehead atoms. The second-order valence-corrected chi connectivity index (χ2v) is 7.32. The van der Waals surface area contributed by atoms with Crippen LogP contribution >= 0.6 is 0 Å². The number of rotatable bonds is 11. The van der Waals surface area contributed by atoms with Crippen molar-refractivity contribution in [3.05, 3.63) is 71.3 Å². The van der Waals surface area contributed by atoms with Gasteiger partial charge in [0.25, 0.3) is 0 Å². The molecule has 8 nitrogen and oxygen atoms in total. The highest BCUT2D eigenvalue weighted by atomic mass is 19.3. The van der Waals surface area contributed by atoms with Crippen LogP contribution in [-0.4, -0.2) is 44.4 Å². The third-order valence-electron chi connectivity index (χ3n) is 5.11. The summed E-state index contributed by atoms with van der Waals surface area (Å²) in [6.07, 6.45) is 2.59. The zero-order valence-corrected chi connectivity index (χ0v) is 18.5. The fraction of sp³-hybridized carbons (Fsp3) is 0.409. The Kier molecular flexibility index (Phi) is 7.92. The van der Waals surface area contributed by atoms with Crippen molar-refractivity contribution in [3.8, 4) is 0 Å². The zero-order chi connectivity index (χ0) is 24.8. The van der Waals surface area contributed by atoms with E-state index in [9.17, 15) is 13.6 Å². The standard InChI is InChI=1S/C22H23F4N5O3/c1-3-33-20(32)10-6-15-5-9-19(27-12-15)22(25,26)21(34-4-2,13-31-14-28-29-30-31)17-8-7-16(23)11-18(17)24/h5,7-9,11-12,14H,3-4,6,10,13H2,1-2H3. The molecule has 0 N–H and O–H groups in total. The average Bonchev–Trinajstić information content (AvgIpc) is 3.31. The van der Waals surface area contributed by atoms with E-state index < -0.39 is 46.9 Å². The van der Waals surface area contributed by atoms with Crippen molar-refractivity contribution in [2.24, 2.45) is 0 Å². The summed E-state index contributed by atoms with van der Waals surface area (Å²) in [5, 5.41) is 10.5. The van der Waals surface area contributed by atoms with Gasteiger partial charge in [-0.2, -0.15) is 8.78 Å². The molecular weight excluding hydrogens is 458 g/mol. The number of alkyl halides is 2. The lowest BCUT2D eigenvalue weighted by molar-refractivity contribution is -0.233. The molecular formula is C22H23F4N5O3. The van der Waals surface area contributed by atoms with Gasteiger partial charge in [0.05, 0.1) is 13.2 Å². The summed E-state index contributed by atoms with van der Waals surface area (Å²) < 4.78 is 72.1. The van der Waals surface area contributed by atoms with Crippen LogP contribution in [0.3, 0.4) is 0 Å². The summed E-state index contributed by atoms with van der Waals surface area (Å²) >= 11 is 0. The Morgan fingerprint density at radius 3 is 2.50 bits per heavy atom. The van der Waals surface area contributed by atoms with E-state index in [0.29, 0.717) is 11.6 Å². The van der Waals surface area contributed by atoms with Crippen LogP contribution in [0.2, 0.25) is 0 Å². The Morgan fingerprint density at radius 2 is 1.91 bits per heavy atom. The van der Waals surface area contributed by atoms with Crippen LogP contribution in [0.5, 0.6) is 0 Å². The average molecular weight is 481 g/mol. The van der Waals surface area contributed by atoms with Crippen molar-refractivity contribution in [1.82, 2.24) is 25.2 Å². The van der Waals surface area contributed by atoms with Gasteiger partial charge >= 0.3 is 11.9 Å². The minimum Gasteiger partial charge on any atom is -0.466 e. The molecule has 0 saturated heterocycles. The largest absolute Gasteiger partial charge is 0.466 e. The highest BCUT2D eigenvalue weighted by molar-refractivity contribution is 5.69. The van der Waals surface area contributed by atoms with Gasteiger partial charge in [-0.1, -0.05) is 6.07 Å². The minimum atomic E-state index is -3.91. The normalized spacial score (nSPS) is 13.5. The van der Waals surface area contributed by atoms with E-state index in [2.05, 4.69) is 20.5 Å². The van der Waals surface area contributed by atoms with Gasteiger partial charge in [-0.15, -0.1) is 5.10 Å². The minimum absolute atomic E-state index is 0.0637. The molecule has 1 aromatic carbocycles. The maximum absolute atomic E-state index is 16.2. The fourth-order valence-corrected chi connectivity index (χ4v) is 3.56. The number of carbonyl (C=O) groups is 1. The number of pyridine rings is 1. The Labute approximate surface area is 192 Å². The lowest BCUT2D eigenvalue weighted by atomic mass is 9.84. The molecule has 0 spiro atoms. The van der Waals surface area contributed by atoms with Crippen molar-refractivity contribution < 1.29 is 31.8 Å². The van der Waals surface area contributed by atoms with Crippen LogP contribution in [0, 0.1) is 11.6 Å². The number of aromatic nitrogens is 5. The molecule has 2 heterocycles. The maximum Gasteiger partial charge on any atom is 0.324 e. The van der Waals surface area contributed by atoms with Crippen LogP contribution in [0.4, 0.5) is 17.6 Å².